The molecule has 0 saturated carbocycles. The summed E-state index contributed by atoms with van der Waals surface area (Å²) in [6.45, 7) is 0.253. The first-order valence-corrected chi connectivity index (χ1v) is 5.86. The van der Waals surface area contributed by atoms with E-state index in [1.165, 1.54) is 25.4 Å². The summed E-state index contributed by atoms with van der Waals surface area (Å²) in [5, 5.41) is 0. The molecular formula is C12H15F3N2O3. The Morgan fingerprint density at radius 2 is 2.05 bits per heavy atom. The smallest absolute Gasteiger partial charge is 0.406 e. The van der Waals surface area contributed by atoms with E-state index in [9.17, 15) is 22.8 Å². The van der Waals surface area contributed by atoms with E-state index in [1.54, 1.807) is 6.92 Å². The molecule has 5 nitrogen and oxygen atoms in total. The summed E-state index contributed by atoms with van der Waals surface area (Å²) in [4.78, 5) is 24.4. The van der Waals surface area contributed by atoms with Crippen LogP contribution in [0.2, 0.25) is 0 Å². The van der Waals surface area contributed by atoms with Gasteiger partial charge in [0.1, 0.15) is 18.8 Å². The number of hydrogen-bond donors (Lipinski definition) is 0. The zero-order valence-electron chi connectivity index (χ0n) is 11.1. The van der Waals surface area contributed by atoms with Gasteiger partial charge < -0.3 is 14.2 Å². The number of ether oxygens (including phenoxy) is 1. The van der Waals surface area contributed by atoms with Crippen LogP contribution < -0.4 is 0 Å². The molecule has 8 heteroatoms. The first-order valence-electron chi connectivity index (χ1n) is 5.86. The normalized spacial score (nSPS) is 11.2. The molecule has 0 aliphatic rings. The Labute approximate surface area is 113 Å². The van der Waals surface area contributed by atoms with Gasteiger partial charge in [0.15, 0.2) is 0 Å². The molecule has 0 atom stereocenters. The molecule has 0 unspecified atom stereocenters. The number of amides is 1. The third kappa shape index (κ3) is 4.29. The summed E-state index contributed by atoms with van der Waals surface area (Å²) in [7, 11) is 1.17. The summed E-state index contributed by atoms with van der Waals surface area (Å²) >= 11 is 0. The summed E-state index contributed by atoms with van der Waals surface area (Å²) in [6, 6.07) is 2.64. The van der Waals surface area contributed by atoms with Crippen molar-refractivity contribution in [2.24, 2.45) is 0 Å². The molecular weight excluding hydrogens is 277 g/mol. The molecule has 0 radical (unpaired) electrons. The molecule has 0 aliphatic heterocycles. The third-order valence-corrected chi connectivity index (χ3v) is 2.61. The molecule has 1 aromatic rings. The Bertz CT molecular complexity index is 483. The first kappa shape index (κ1) is 16.1. The van der Waals surface area contributed by atoms with E-state index in [0.29, 0.717) is 0 Å². The predicted molar refractivity (Wildman–Crippen MR) is 64.1 cm³/mol. The van der Waals surface area contributed by atoms with Gasteiger partial charge in [0.05, 0.1) is 7.11 Å². The van der Waals surface area contributed by atoms with E-state index in [0.717, 1.165) is 9.47 Å². The van der Waals surface area contributed by atoms with Crippen molar-refractivity contribution in [1.82, 2.24) is 9.47 Å². The number of halogens is 3. The van der Waals surface area contributed by atoms with Crippen LogP contribution in [0.1, 0.15) is 17.4 Å². The lowest BCUT2D eigenvalue weighted by Crippen LogP contribution is -2.37. The van der Waals surface area contributed by atoms with Crippen LogP contribution in [0, 0.1) is 0 Å². The molecule has 1 aromatic heterocycles. The van der Waals surface area contributed by atoms with Crippen LogP contribution in [0.25, 0.3) is 0 Å². The van der Waals surface area contributed by atoms with Crippen LogP contribution in [0.15, 0.2) is 18.3 Å². The van der Waals surface area contributed by atoms with Gasteiger partial charge in [-0.15, -0.1) is 0 Å². The number of hydrogen-bond acceptors (Lipinski definition) is 3. The van der Waals surface area contributed by atoms with Gasteiger partial charge in [-0.3, -0.25) is 9.59 Å². The molecule has 0 N–H and O–H groups in total. The minimum atomic E-state index is -4.42. The molecule has 0 bridgehead atoms. The van der Waals surface area contributed by atoms with E-state index < -0.39 is 24.6 Å². The van der Waals surface area contributed by atoms with Crippen molar-refractivity contribution in [1.29, 1.82) is 0 Å². The maximum absolute atomic E-state index is 12.4. The lowest BCUT2D eigenvalue weighted by molar-refractivity contribution is -0.142. The van der Waals surface area contributed by atoms with Gasteiger partial charge in [-0.1, -0.05) is 0 Å². The van der Waals surface area contributed by atoms with Gasteiger partial charge in [0.25, 0.3) is 5.91 Å². The van der Waals surface area contributed by atoms with Gasteiger partial charge in [0.2, 0.25) is 0 Å². The van der Waals surface area contributed by atoms with Gasteiger partial charge in [-0.25, -0.2) is 0 Å². The monoisotopic (exact) mass is 292 g/mol. The first-order chi connectivity index (χ1) is 9.28. The molecule has 0 saturated heterocycles. The minimum Gasteiger partial charge on any atom is -0.468 e. The number of esters is 1. The largest absolute Gasteiger partial charge is 0.468 e. The van der Waals surface area contributed by atoms with Gasteiger partial charge in [0, 0.05) is 12.7 Å². The van der Waals surface area contributed by atoms with E-state index in [1.807, 2.05) is 0 Å². The van der Waals surface area contributed by atoms with Crippen LogP contribution in [0.3, 0.4) is 0 Å². The molecule has 0 aliphatic carbocycles. The molecule has 20 heavy (non-hydrogen) atoms. The number of nitrogens with zero attached hydrogens (tertiary/aromatic N) is 2. The van der Waals surface area contributed by atoms with Crippen molar-refractivity contribution < 1.29 is 27.5 Å². The van der Waals surface area contributed by atoms with Crippen LogP contribution >= 0.6 is 0 Å². The van der Waals surface area contributed by atoms with E-state index in [2.05, 4.69) is 4.74 Å². The molecule has 0 fully saturated rings. The molecule has 1 heterocycles. The molecule has 1 amide bonds. The highest BCUT2D eigenvalue weighted by molar-refractivity contribution is 5.94. The fraction of sp³-hybridized carbons (Fsp3) is 0.500. The Kier molecular flexibility index (Phi) is 5.18. The summed E-state index contributed by atoms with van der Waals surface area (Å²) in [5.74, 6) is -1.28. The quantitative estimate of drug-likeness (QED) is 0.776. The highest BCUT2D eigenvalue weighted by Crippen LogP contribution is 2.19. The average molecular weight is 292 g/mol. The highest BCUT2D eigenvalue weighted by Gasteiger charge is 2.30. The molecule has 112 valence electrons. The second-order valence-corrected chi connectivity index (χ2v) is 4.03. The second kappa shape index (κ2) is 6.44. The number of methoxy groups -OCH3 is 1. The van der Waals surface area contributed by atoms with E-state index in [4.69, 9.17) is 0 Å². The molecule has 0 aromatic carbocycles. The third-order valence-electron chi connectivity index (χ3n) is 2.61. The summed E-state index contributed by atoms with van der Waals surface area (Å²) in [6.07, 6.45) is -3.25. The zero-order chi connectivity index (χ0) is 15.3. The van der Waals surface area contributed by atoms with E-state index in [-0.39, 0.29) is 18.8 Å². The van der Waals surface area contributed by atoms with Crippen molar-refractivity contribution in [2.45, 2.75) is 19.6 Å². The Morgan fingerprint density at radius 3 is 2.55 bits per heavy atom. The number of aromatic nitrogens is 1. The Hall–Kier alpha value is -1.99. The van der Waals surface area contributed by atoms with Crippen LogP contribution in [0.5, 0.6) is 0 Å². The maximum Gasteiger partial charge on any atom is 0.406 e. The fourth-order valence-corrected chi connectivity index (χ4v) is 1.65. The Morgan fingerprint density at radius 1 is 1.40 bits per heavy atom. The number of carbonyl (C=O) groups is 2. The van der Waals surface area contributed by atoms with Crippen molar-refractivity contribution in [2.75, 3.05) is 20.2 Å². The summed E-state index contributed by atoms with van der Waals surface area (Å²) in [5.41, 5.74) is -0.118. The topological polar surface area (TPSA) is 51.5 Å². The minimum absolute atomic E-state index is 0.118. The van der Waals surface area contributed by atoms with Crippen molar-refractivity contribution in [3.63, 3.8) is 0 Å². The molecule has 1 rings (SSSR count). The van der Waals surface area contributed by atoms with Crippen LogP contribution in [-0.2, 0) is 16.1 Å². The second-order valence-electron chi connectivity index (χ2n) is 4.03. The van der Waals surface area contributed by atoms with E-state index >= 15 is 0 Å². The summed E-state index contributed by atoms with van der Waals surface area (Å²) < 4.78 is 42.4. The van der Waals surface area contributed by atoms with Gasteiger partial charge >= 0.3 is 12.1 Å². The van der Waals surface area contributed by atoms with Crippen molar-refractivity contribution >= 4 is 11.9 Å². The zero-order valence-corrected chi connectivity index (χ0v) is 11.1. The lowest BCUT2D eigenvalue weighted by atomic mass is 10.3. The van der Waals surface area contributed by atoms with Gasteiger partial charge in [-0.2, -0.15) is 13.2 Å². The number of likely N-dealkylation sites (N-methyl/N-ethyl adjacent to an activating group) is 1. The van der Waals surface area contributed by atoms with Crippen LogP contribution in [-0.4, -0.2) is 47.7 Å². The highest BCUT2D eigenvalue weighted by atomic mass is 19.4. The predicted octanol–water partition coefficient (Wildman–Crippen LogP) is 1.69. The number of alkyl halides is 3. The lowest BCUT2D eigenvalue weighted by Gasteiger charge is -2.20. The standard InChI is InChI=1S/C12H15F3N2O3/c1-3-16(7-10(18)20-2)11(19)9-5-4-6-17(9)8-12(13,14)15/h4-6H,3,7-8H2,1-2H3. The van der Waals surface area contributed by atoms with Gasteiger partial charge in [-0.05, 0) is 19.1 Å². The SMILES string of the molecule is CCN(CC(=O)OC)C(=O)c1cccn1CC(F)(F)F. The van der Waals surface area contributed by atoms with Crippen LogP contribution in [0.4, 0.5) is 13.2 Å². The number of rotatable bonds is 5. The Balaban J connectivity index is 2.90. The maximum atomic E-state index is 12.4. The van der Waals surface area contributed by atoms with Crippen molar-refractivity contribution in [3.05, 3.63) is 24.0 Å². The number of carbonyl (C=O) groups excluding carboxylic acids is 2. The molecule has 0 spiro atoms. The van der Waals surface area contributed by atoms with Crippen molar-refractivity contribution in [3.8, 4) is 0 Å². The average Bonchev–Trinajstić information content (AvgIpc) is 2.80. The fourth-order valence-electron chi connectivity index (χ4n) is 1.65.